The molecule has 2 aromatic carbocycles. The maximum atomic E-state index is 14.0. The lowest BCUT2D eigenvalue weighted by atomic mass is 10.0. The fourth-order valence-corrected chi connectivity index (χ4v) is 5.62. The Labute approximate surface area is 226 Å². The van der Waals surface area contributed by atoms with Crippen LogP contribution in [0.4, 0.5) is 5.69 Å². The second-order valence-corrected chi connectivity index (χ2v) is 10.3. The number of carbonyl (C=O) groups excluding carboxylic acids is 2. The number of hydrogen-bond acceptors (Lipinski definition) is 6. The average molecular weight is 543 g/mol. The third-order valence-corrected chi connectivity index (χ3v) is 7.58. The molecule has 1 unspecified atom stereocenters. The van der Waals surface area contributed by atoms with Crippen molar-refractivity contribution in [2.45, 2.75) is 44.2 Å². The third-order valence-electron chi connectivity index (χ3n) is 6.47. The normalized spacial score (nSPS) is 14.2. The van der Waals surface area contributed by atoms with Crippen LogP contribution in [0.2, 0.25) is 5.02 Å². The summed E-state index contributed by atoms with van der Waals surface area (Å²) >= 11 is 7.84. The molecule has 1 aromatic heterocycles. The van der Waals surface area contributed by atoms with Crippen LogP contribution in [-0.4, -0.2) is 39.2 Å². The van der Waals surface area contributed by atoms with Gasteiger partial charge in [-0.1, -0.05) is 36.6 Å². The maximum absolute atomic E-state index is 14.0. The Balaban J connectivity index is 1.86. The molecule has 196 valence electrons. The summed E-state index contributed by atoms with van der Waals surface area (Å²) in [5.74, 6) is 0.688. The number of nitrogens with zero attached hydrogens (tertiary/aromatic N) is 1. The van der Waals surface area contributed by atoms with Gasteiger partial charge in [0.25, 0.3) is 0 Å². The molecule has 1 atom stereocenters. The minimum absolute atomic E-state index is 0.0608. The molecule has 1 fully saturated rings. The number of ether oxygens (including phenoxy) is 3. The highest BCUT2D eigenvalue weighted by molar-refractivity contribution is 7.10. The van der Waals surface area contributed by atoms with Gasteiger partial charge in [0.05, 0.1) is 27.8 Å². The van der Waals surface area contributed by atoms with Crippen molar-refractivity contribution in [1.82, 2.24) is 5.32 Å². The Morgan fingerprint density at radius 1 is 1.03 bits per heavy atom. The highest BCUT2D eigenvalue weighted by atomic mass is 35.5. The fourth-order valence-electron chi connectivity index (χ4n) is 4.74. The molecule has 37 heavy (non-hydrogen) atoms. The van der Waals surface area contributed by atoms with Crippen molar-refractivity contribution >= 4 is 40.4 Å². The van der Waals surface area contributed by atoms with E-state index in [0.29, 0.717) is 33.5 Å². The van der Waals surface area contributed by atoms with Crippen molar-refractivity contribution < 1.29 is 23.8 Å². The second kappa shape index (κ2) is 12.3. The van der Waals surface area contributed by atoms with Crippen molar-refractivity contribution in [3.63, 3.8) is 0 Å². The summed E-state index contributed by atoms with van der Waals surface area (Å²) in [6.07, 6.45) is 4.09. The number of amides is 2. The van der Waals surface area contributed by atoms with Gasteiger partial charge in [0, 0.05) is 21.6 Å². The minimum Gasteiger partial charge on any atom is -0.493 e. The number of anilines is 1. The van der Waals surface area contributed by atoms with Crippen LogP contribution in [0.5, 0.6) is 17.2 Å². The zero-order chi connectivity index (χ0) is 26.4. The molecule has 0 saturated heterocycles. The molecule has 2 amide bonds. The molecule has 1 aliphatic rings. The number of carbonyl (C=O) groups is 2. The van der Waals surface area contributed by atoms with Crippen LogP contribution >= 0.6 is 22.9 Å². The summed E-state index contributed by atoms with van der Waals surface area (Å²) in [6.45, 7) is 0. The summed E-state index contributed by atoms with van der Waals surface area (Å²) < 4.78 is 16.6. The molecule has 1 N–H and O–H groups in total. The van der Waals surface area contributed by atoms with Crippen LogP contribution in [0.1, 0.15) is 42.2 Å². The van der Waals surface area contributed by atoms with Crippen LogP contribution in [-0.2, 0) is 16.0 Å². The summed E-state index contributed by atoms with van der Waals surface area (Å²) in [5, 5.41) is 5.57. The van der Waals surface area contributed by atoms with Crippen LogP contribution in [0.3, 0.4) is 0 Å². The summed E-state index contributed by atoms with van der Waals surface area (Å²) in [6, 6.07) is 13.3. The van der Waals surface area contributed by atoms with E-state index in [4.69, 9.17) is 25.8 Å². The lowest BCUT2D eigenvalue weighted by molar-refractivity contribution is -0.127. The van der Waals surface area contributed by atoms with Gasteiger partial charge in [0.2, 0.25) is 17.6 Å². The quantitative estimate of drug-likeness (QED) is 0.350. The SMILES string of the molecule is COc1cc(C(C(=O)NC2CCCC2)N(C(=O)Cc2cccs2)c2cccc(Cl)c2)cc(OC)c1OC. The van der Waals surface area contributed by atoms with Crippen LogP contribution in [0, 0.1) is 0 Å². The van der Waals surface area contributed by atoms with Crippen molar-refractivity contribution in [3.8, 4) is 17.2 Å². The molecule has 0 bridgehead atoms. The molecule has 7 nitrogen and oxygen atoms in total. The largest absolute Gasteiger partial charge is 0.493 e. The molecule has 0 radical (unpaired) electrons. The second-order valence-electron chi connectivity index (χ2n) is 8.85. The Morgan fingerprint density at radius 2 is 1.73 bits per heavy atom. The third kappa shape index (κ3) is 6.19. The van der Waals surface area contributed by atoms with Crippen LogP contribution in [0.15, 0.2) is 53.9 Å². The summed E-state index contributed by atoms with van der Waals surface area (Å²) in [5.41, 5.74) is 1.05. The monoisotopic (exact) mass is 542 g/mol. The molecule has 4 rings (SSSR count). The van der Waals surface area contributed by atoms with Gasteiger partial charge < -0.3 is 19.5 Å². The smallest absolute Gasteiger partial charge is 0.248 e. The minimum atomic E-state index is -1.000. The summed E-state index contributed by atoms with van der Waals surface area (Å²) in [7, 11) is 4.56. The van der Waals surface area contributed by atoms with E-state index in [1.54, 1.807) is 36.4 Å². The van der Waals surface area contributed by atoms with Gasteiger partial charge in [-0.2, -0.15) is 0 Å². The zero-order valence-corrected chi connectivity index (χ0v) is 22.7. The molecule has 3 aromatic rings. The van der Waals surface area contributed by atoms with Crippen molar-refractivity contribution in [2.75, 3.05) is 26.2 Å². The van der Waals surface area contributed by atoms with E-state index in [9.17, 15) is 9.59 Å². The van der Waals surface area contributed by atoms with Crippen molar-refractivity contribution in [1.29, 1.82) is 0 Å². The molecule has 0 aliphatic heterocycles. The summed E-state index contributed by atoms with van der Waals surface area (Å²) in [4.78, 5) is 30.4. The van der Waals surface area contributed by atoms with Crippen LogP contribution < -0.4 is 24.4 Å². The first kappa shape index (κ1) is 26.8. The van der Waals surface area contributed by atoms with E-state index in [1.165, 1.54) is 37.6 Å². The molecule has 1 saturated carbocycles. The van der Waals surface area contributed by atoms with Crippen LogP contribution in [0.25, 0.3) is 0 Å². The number of hydrogen-bond donors (Lipinski definition) is 1. The highest BCUT2D eigenvalue weighted by Gasteiger charge is 2.36. The van der Waals surface area contributed by atoms with Gasteiger partial charge >= 0.3 is 0 Å². The first-order chi connectivity index (χ1) is 17.9. The van der Waals surface area contributed by atoms with E-state index >= 15 is 0 Å². The van der Waals surface area contributed by atoms with Gasteiger partial charge in [-0.15, -0.1) is 11.3 Å². The Hall–Kier alpha value is -3.23. The number of thiophene rings is 1. The van der Waals surface area contributed by atoms with E-state index in [0.717, 1.165) is 30.6 Å². The van der Waals surface area contributed by atoms with E-state index in [-0.39, 0.29) is 24.3 Å². The molecular formula is C28H31ClN2O5S. The van der Waals surface area contributed by atoms with Crippen molar-refractivity contribution in [3.05, 3.63) is 69.4 Å². The van der Waals surface area contributed by atoms with Gasteiger partial charge in [0.1, 0.15) is 6.04 Å². The predicted octanol–water partition coefficient (Wildman–Crippen LogP) is 5.80. The van der Waals surface area contributed by atoms with Gasteiger partial charge in [0.15, 0.2) is 11.5 Å². The van der Waals surface area contributed by atoms with Gasteiger partial charge in [-0.05, 0) is 60.2 Å². The Kier molecular flexibility index (Phi) is 8.95. The number of halogens is 1. The van der Waals surface area contributed by atoms with E-state index in [1.807, 2.05) is 17.5 Å². The fraction of sp³-hybridized carbons (Fsp3) is 0.357. The number of rotatable bonds is 10. The maximum Gasteiger partial charge on any atom is 0.248 e. The van der Waals surface area contributed by atoms with Gasteiger partial charge in [-0.3, -0.25) is 14.5 Å². The zero-order valence-electron chi connectivity index (χ0n) is 21.2. The lowest BCUT2D eigenvalue weighted by Crippen LogP contribution is -2.46. The Morgan fingerprint density at radius 3 is 2.30 bits per heavy atom. The Bertz CT molecular complexity index is 1200. The molecule has 1 heterocycles. The standard InChI is InChI=1S/C28H31ClN2O5S/c1-34-23-14-18(15-24(35-2)27(23)36-3)26(28(33)30-20-9-4-5-10-20)31(21-11-6-8-19(29)16-21)25(32)17-22-12-7-13-37-22/h6-8,11-16,20,26H,4-5,9-10,17H2,1-3H3,(H,30,33). The molecular weight excluding hydrogens is 512 g/mol. The van der Waals surface area contributed by atoms with E-state index < -0.39 is 6.04 Å². The lowest BCUT2D eigenvalue weighted by Gasteiger charge is -2.33. The highest BCUT2D eigenvalue weighted by Crippen LogP contribution is 2.42. The number of nitrogens with one attached hydrogen (secondary N) is 1. The van der Waals surface area contributed by atoms with Crippen molar-refractivity contribution in [2.24, 2.45) is 0 Å². The predicted molar refractivity (Wildman–Crippen MR) is 146 cm³/mol. The molecule has 0 spiro atoms. The molecule has 9 heteroatoms. The first-order valence-electron chi connectivity index (χ1n) is 12.2. The molecule has 1 aliphatic carbocycles. The first-order valence-corrected chi connectivity index (χ1v) is 13.4. The topological polar surface area (TPSA) is 77.1 Å². The van der Waals surface area contributed by atoms with E-state index in [2.05, 4.69) is 5.32 Å². The number of methoxy groups -OCH3 is 3. The number of benzene rings is 2. The van der Waals surface area contributed by atoms with Gasteiger partial charge in [-0.25, -0.2) is 0 Å². The average Bonchev–Trinajstić information content (AvgIpc) is 3.60.